The van der Waals surface area contributed by atoms with Crippen LogP contribution in [-0.2, 0) is 6.42 Å². The summed E-state index contributed by atoms with van der Waals surface area (Å²) in [7, 11) is 0. The van der Waals surface area contributed by atoms with Gasteiger partial charge in [-0.1, -0.05) is 44.2 Å². The maximum atomic E-state index is 4.66. The van der Waals surface area contributed by atoms with Crippen LogP contribution in [0.15, 0.2) is 36.4 Å². The van der Waals surface area contributed by atoms with Crippen molar-refractivity contribution in [3.05, 3.63) is 53.5 Å². The fourth-order valence-corrected chi connectivity index (χ4v) is 1.94. The van der Waals surface area contributed by atoms with Crippen LogP contribution in [0.25, 0.3) is 0 Å². The summed E-state index contributed by atoms with van der Waals surface area (Å²) in [6, 6.07) is 12.4. The topological polar surface area (TPSA) is 37.8 Å². The molecule has 0 unspecified atom stereocenters. The highest BCUT2D eigenvalue weighted by Crippen LogP contribution is 2.17. The van der Waals surface area contributed by atoms with E-state index in [4.69, 9.17) is 0 Å². The van der Waals surface area contributed by atoms with Gasteiger partial charge in [0.1, 0.15) is 11.6 Å². The first-order valence-electron chi connectivity index (χ1n) is 6.84. The van der Waals surface area contributed by atoms with E-state index in [0.717, 1.165) is 30.3 Å². The van der Waals surface area contributed by atoms with Crippen LogP contribution >= 0.6 is 0 Å². The van der Waals surface area contributed by atoms with E-state index in [1.54, 1.807) is 0 Å². The van der Waals surface area contributed by atoms with E-state index in [1.165, 1.54) is 5.56 Å². The molecule has 3 nitrogen and oxygen atoms in total. The van der Waals surface area contributed by atoms with Crippen molar-refractivity contribution in [2.45, 2.75) is 33.1 Å². The van der Waals surface area contributed by atoms with Gasteiger partial charge in [-0.25, -0.2) is 9.97 Å². The number of nitrogens with one attached hydrogen (secondary N) is 1. The van der Waals surface area contributed by atoms with E-state index in [1.807, 2.05) is 24.3 Å². The fraction of sp³-hybridized carbons (Fsp3) is 0.375. The number of hydrogen-bond donors (Lipinski definition) is 1. The van der Waals surface area contributed by atoms with Gasteiger partial charge in [-0.2, -0.15) is 0 Å². The summed E-state index contributed by atoms with van der Waals surface area (Å²) < 4.78 is 0. The predicted octanol–water partition coefficient (Wildman–Crippen LogP) is 3.62. The van der Waals surface area contributed by atoms with E-state index in [2.05, 4.69) is 48.2 Å². The fourth-order valence-electron chi connectivity index (χ4n) is 1.94. The van der Waals surface area contributed by atoms with Gasteiger partial charge in [0, 0.05) is 24.7 Å². The number of rotatable bonds is 5. The zero-order valence-corrected chi connectivity index (χ0v) is 11.9. The Labute approximate surface area is 115 Å². The summed E-state index contributed by atoms with van der Waals surface area (Å²) >= 11 is 0. The van der Waals surface area contributed by atoms with E-state index >= 15 is 0 Å². The van der Waals surface area contributed by atoms with Crippen LogP contribution in [0.2, 0.25) is 0 Å². The lowest BCUT2D eigenvalue weighted by molar-refractivity contribution is 0.792. The van der Waals surface area contributed by atoms with Crippen molar-refractivity contribution < 1.29 is 0 Å². The molecule has 1 aromatic heterocycles. The van der Waals surface area contributed by atoms with Gasteiger partial charge >= 0.3 is 0 Å². The highest BCUT2D eigenvalue weighted by atomic mass is 15.0. The van der Waals surface area contributed by atoms with Crippen molar-refractivity contribution in [2.24, 2.45) is 0 Å². The van der Waals surface area contributed by atoms with Crippen molar-refractivity contribution >= 4 is 5.82 Å². The Morgan fingerprint density at radius 2 is 1.84 bits per heavy atom. The Balaban J connectivity index is 2.28. The zero-order chi connectivity index (χ0) is 13.7. The second-order valence-electron chi connectivity index (χ2n) is 4.94. The van der Waals surface area contributed by atoms with Gasteiger partial charge in [0.15, 0.2) is 0 Å². The molecule has 1 aromatic carbocycles. The Kier molecular flexibility index (Phi) is 4.50. The first-order chi connectivity index (χ1) is 9.19. The Morgan fingerprint density at radius 1 is 1.11 bits per heavy atom. The molecular formula is C16H21N3. The standard InChI is InChI=1S/C16H21N3/c1-4-17-15-11-14(12(2)3)18-16(19-15)10-13-8-6-5-7-9-13/h5-9,11-12H,4,10H2,1-3H3,(H,17,18,19). The molecule has 0 aliphatic rings. The summed E-state index contributed by atoms with van der Waals surface area (Å²) in [4.78, 5) is 9.24. The SMILES string of the molecule is CCNc1cc(C(C)C)nc(Cc2ccccc2)n1. The largest absolute Gasteiger partial charge is 0.370 e. The smallest absolute Gasteiger partial charge is 0.135 e. The van der Waals surface area contributed by atoms with Crippen LogP contribution in [0.4, 0.5) is 5.82 Å². The first kappa shape index (κ1) is 13.5. The van der Waals surface area contributed by atoms with Crippen molar-refractivity contribution in [3.63, 3.8) is 0 Å². The van der Waals surface area contributed by atoms with Crippen molar-refractivity contribution in [1.29, 1.82) is 0 Å². The number of anilines is 1. The lowest BCUT2D eigenvalue weighted by atomic mass is 10.1. The predicted molar refractivity (Wildman–Crippen MR) is 79.5 cm³/mol. The lowest BCUT2D eigenvalue weighted by Gasteiger charge is -2.11. The Bertz CT molecular complexity index is 521. The molecule has 0 bridgehead atoms. The van der Waals surface area contributed by atoms with E-state index < -0.39 is 0 Å². The summed E-state index contributed by atoms with van der Waals surface area (Å²) in [5.41, 5.74) is 2.34. The Morgan fingerprint density at radius 3 is 2.47 bits per heavy atom. The quantitative estimate of drug-likeness (QED) is 0.886. The molecule has 1 heterocycles. The van der Waals surface area contributed by atoms with Crippen LogP contribution in [0.3, 0.4) is 0 Å². The van der Waals surface area contributed by atoms with Gasteiger partial charge in [-0.05, 0) is 18.4 Å². The van der Waals surface area contributed by atoms with Gasteiger partial charge in [-0.3, -0.25) is 0 Å². The first-order valence-corrected chi connectivity index (χ1v) is 6.84. The van der Waals surface area contributed by atoms with E-state index in [-0.39, 0.29) is 0 Å². The second-order valence-corrected chi connectivity index (χ2v) is 4.94. The average Bonchev–Trinajstić information content (AvgIpc) is 2.40. The summed E-state index contributed by atoms with van der Waals surface area (Å²) in [6.45, 7) is 7.27. The maximum Gasteiger partial charge on any atom is 0.135 e. The van der Waals surface area contributed by atoms with Gasteiger partial charge in [-0.15, -0.1) is 0 Å². The van der Waals surface area contributed by atoms with Gasteiger partial charge in [0.25, 0.3) is 0 Å². The molecule has 0 aliphatic carbocycles. The molecule has 0 amide bonds. The second kappa shape index (κ2) is 6.32. The highest BCUT2D eigenvalue weighted by molar-refractivity contribution is 5.37. The normalized spacial score (nSPS) is 10.7. The molecule has 0 spiro atoms. The maximum absolute atomic E-state index is 4.66. The molecule has 0 saturated carbocycles. The van der Waals surface area contributed by atoms with Crippen LogP contribution in [-0.4, -0.2) is 16.5 Å². The molecule has 100 valence electrons. The molecule has 2 aromatic rings. The molecular weight excluding hydrogens is 234 g/mol. The molecule has 0 aliphatic heterocycles. The molecule has 2 rings (SSSR count). The molecule has 1 N–H and O–H groups in total. The number of hydrogen-bond acceptors (Lipinski definition) is 3. The zero-order valence-electron chi connectivity index (χ0n) is 11.9. The van der Waals surface area contributed by atoms with E-state index in [9.17, 15) is 0 Å². The molecule has 0 saturated heterocycles. The third-order valence-corrected chi connectivity index (χ3v) is 2.95. The van der Waals surface area contributed by atoms with E-state index in [0.29, 0.717) is 5.92 Å². The van der Waals surface area contributed by atoms with Crippen LogP contribution < -0.4 is 5.32 Å². The molecule has 3 heteroatoms. The van der Waals surface area contributed by atoms with Crippen molar-refractivity contribution in [3.8, 4) is 0 Å². The molecule has 0 fully saturated rings. The number of aromatic nitrogens is 2. The Hall–Kier alpha value is -1.90. The van der Waals surface area contributed by atoms with Gasteiger partial charge < -0.3 is 5.32 Å². The molecule has 19 heavy (non-hydrogen) atoms. The minimum absolute atomic E-state index is 0.412. The minimum Gasteiger partial charge on any atom is -0.370 e. The average molecular weight is 255 g/mol. The number of nitrogens with zero attached hydrogens (tertiary/aromatic N) is 2. The third-order valence-electron chi connectivity index (χ3n) is 2.95. The van der Waals surface area contributed by atoms with Crippen molar-refractivity contribution in [2.75, 3.05) is 11.9 Å². The highest BCUT2D eigenvalue weighted by Gasteiger charge is 2.08. The van der Waals surface area contributed by atoms with Crippen LogP contribution in [0, 0.1) is 0 Å². The minimum atomic E-state index is 0.412. The van der Waals surface area contributed by atoms with Gasteiger partial charge in [0.2, 0.25) is 0 Å². The van der Waals surface area contributed by atoms with Gasteiger partial charge in [0.05, 0.1) is 0 Å². The number of benzene rings is 1. The summed E-state index contributed by atoms with van der Waals surface area (Å²) in [5.74, 6) is 2.22. The molecule has 0 radical (unpaired) electrons. The van der Waals surface area contributed by atoms with Crippen LogP contribution in [0.1, 0.15) is 43.8 Å². The monoisotopic (exact) mass is 255 g/mol. The van der Waals surface area contributed by atoms with Crippen molar-refractivity contribution in [1.82, 2.24) is 9.97 Å². The van der Waals surface area contributed by atoms with Crippen LogP contribution in [0.5, 0.6) is 0 Å². The lowest BCUT2D eigenvalue weighted by Crippen LogP contribution is -2.07. The third kappa shape index (κ3) is 3.78. The summed E-state index contributed by atoms with van der Waals surface area (Å²) in [5, 5.41) is 3.28. The molecule has 0 atom stereocenters. The summed E-state index contributed by atoms with van der Waals surface area (Å²) in [6.07, 6.45) is 0.778.